The molecular formula is C13H24N4O. The minimum atomic E-state index is -0.202. The molecule has 0 aromatic carbocycles. The summed E-state index contributed by atoms with van der Waals surface area (Å²) in [5.41, 5.74) is 0. The molecule has 0 fully saturated rings. The molecule has 0 unspecified atom stereocenters. The van der Waals surface area contributed by atoms with Crippen molar-refractivity contribution in [2.24, 2.45) is 0 Å². The SMILES string of the molecule is CNCCN(C)C(=O)[C@@H](C)n1ccnc1C(C)C. The second-order valence-electron chi connectivity index (χ2n) is 4.89. The lowest BCUT2D eigenvalue weighted by Gasteiger charge is -2.23. The van der Waals surface area contributed by atoms with Crippen LogP contribution < -0.4 is 5.32 Å². The average Bonchev–Trinajstić information content (AvgIpc) is 2.83. The van der Waals surface area contributed by atoms with E-state index in [1.54, 1.807) is 11.1 Å². The molecule has 0 bridgehead atoms. The van der Waals surface area contributed by atoms with Gasteiger partial charge in [0, 0.05) is 38.4 Å². The van der Waals surface area contributed by atoms with Crippen molar-refractivity contribution in [3.8, 4) is 0 Å². The van der Waals surface area contributed by atoms with E-state index in [2.05, 4.69) is 24.1 Å². The second-order valence-corrected chi connectivity index (χ2v) is 4.89. The number of rotatable bonds is 6. The van der Waals surface area contributed by atoms with Crippen LogP contribution in [0.5, 0.6) is 0 Å². The van der Waals surface area contributed by atoms with E-state index in [9.17, 15) is 4.79 Å². The largest absolute Gasteiger partial charge is 0.343 e. The van der Waals surface area contributed by atoms with Gasteiger partial charge in [0.05, 0.1) is 0 Å². The fraction of sp³-hybridized carbons (Fsp3) is 0.692. The van der Waals surface area contributed by atoms with Gasteiger partial charge in [-0.15, -0.1) is 0 Å². The summed E-state index contributed by atoms with van der Waals surface area (Å²) in [4.78, 5) is 18.3. The van der Waals surface area contributed by atoms with E-state index in [1.165, 1.54) is 0 Å². The standard InChI is InChI=1S/C13H24N4O/c1-10(2)12-15-7-9-17(12)11(3)13(18)16(5)8-6-14-4/h7,9-11,14H,6,8H2,1-5H3/t11-/m1/s1. The van der Waals surface area contributed by atoms with Crippen LogP contribution in [0.1, 0.15) is 38.6 Å². The number of hydrogen-bond donors (Lipinski definition) is 1. The maximum Gasteiger partial charge on any atom is 0.245 e. The molecule has 0 aliphatic carbocycles. The zero-order valence-electron chi connectivity index (χ0n) is 12.0. The highest BCUT2D eigenvalue weighted by Gasteiger charge is 2.21. The Kier molecular flexibility index (Phi) is 5.34. The molecule has 0 spiro atoms. The Morgan fingerprint density at radius 1 is 1.50 bits per heavy atom. The lowest BCUT2D eigenvalue weighted by Crippen LogP contribution is -2.37. The van der Waals surface area contributed by atoms with Gasteiger partial charge in [0.1, 0.15) is 11.9 Å². The summed E-state index contributed by atoms with van der Waals surface area (Å²) < 4.78 is 1.96. The van der Waals surface area contributed by atoms with Crippen LogP contribution in [0.25, 0.3) is 0 Å². The highest BCUT2D eigenvalue weighted by molar-refractivity contribution is 5.79. The van der Waals surface area contributed by atoms with Crippen molar-refractivity contribution in [2.75, 3.05) is 27.2 Å². The Labute approximate surface area is 109 Å². The van der Waals surface area contributed by atoms with Crippen LogP contribution in [-0.2, 0) is 4.79 Å². The third-order valence-corrected chi connectivity index (χ3v) is 3.06. The monoisotopic (exact) mass is 252 g/mol. The summed E-state index contributed by atoms with van der Waals surface area (Å²) in [6.07, 6.45) is 3.64. The third kappa shape index (κ3) is 3.32. The first kappa shape index (κ1) is 14.7. The van der Waals surface area contributed by atoms with E-state index in [1.807, 2.05) is 31.8 Å². The number of nitrogens with zero attached hydrogens (tertiary/aromatic N) is 3. The number of carbonyl (C=O) groups is 1. The second kappa shape index (κ2) is 6.54. The Morgan fingerprint density at radius 2 is 2.17 bits per heavy atom. The van der Waals surface area contributed by atoms with E-state index in [4.69, 9.17) is 0 Å². The molecule has 1 aromatic rings. The van der Waals surface area contributed by atoms with Crippen molar-refractivity contribution in [2.45, 2.75) is 32.7 Å². The van der Waals surface area contributed by atoms with E-state index >= 15 is 0 Å². The maximum absolute atomic E-state index is 12.3. The molecule has 5 nitrogen and oxygen atoms in total. The van der Waals surface area contributed by atoms with Crippen LogP contribution in [0, 0.1) is 0 Å². The fourth-order valence-electron chi connectivity index (χ4n) is 1.93. The highest BCUT2D eigenvalue weighted by Crippen LogP contribution is 2.18. The van der Waals surface area contributed by atoms with Gasteiger partial charge >= 0.3 is 0 Å². The molecule has 1 amide bonds. The summed E-state index contributed by atoms with van der Waals surface area (Å²) in [7, 11) is 3.72. The van der Waals surface area contributed by atoms with Gasteiger partial charge in [0.2, 0.25) is 5.91 Å². The first-order chi connectivity index (χ1) is 8.49. The quantitative estimate of drug-likeness (QED) is 0.829. The van der Waals surface area contributed by atoms with E-state index < -0.39 is 0 Å². The van der Waals surface area contributed by atoms with Crippen molar-refractivity contribution in [3.05, 3.63) is 18.2 Å². The summed E-state index contributed by atoms with van der Waals surface area (Å²) in [6.45, 7) is 7.61. The average molecular weight is 252 g/mol. The van der Waals surface area contributed by atoms with Gasteiger partial charge in [-0.05, 0) is 14.0 Å². The zero-order chi connectivity index (χ0) is 13.7. The molecule has 18 heavy (non-hydrogen) atoms. The molecule has 1 heterocycles. The third-order valence-electron chi connectivity index (χ3n) is 3.06. The molecule has 0 aliphatic heterocycles. The summed E-state index contributed by atoms with van der Waals surface area (Å²) >= 11 is 0. The minimum Gasteiger partial charge on any atom is -0.343 e. The van der Waals surface area contributed by atoms with Crippen LogP contribution in [0.3, 0.4) is 0 Å². The van der Waals surface area contributed by atoms with Crippen molar-refractivity contribution in [1.82, 2.24) is 19.8 Å². The molecule has 1 N–H and O–H groups in total. The van der Waals surface area contributed by atoms with Crippen molar-refractivity contribution < 1.29 is 4.79 Å². The van der Waals surface area contributed by atoms with Crippen LogP contribution in [0.4, 0.5) is 0 Å². The topological polar surface area (TPSA) is 50.2 Å². The van der Waals surface area contributed by atoms with E-state index in [-0.39, 0.29) is 11.9 Å². The minimum absolute atomic E-state index is 0.116. The molecule has 0 saturated heterocycles. The van der Waals surface area contributed by atoms with Crippen molar-refractivity contribution in [3.63, 3.8) is 0 Å². The smallest absolute Gasteiger partial charge is 0.245 e. The lowest BCUT2D eigenvalue weighted by atomic mass is 10.2. The van der Waals surface area contributed by atoms with Crippen LogP contribution in [0.2, 0.25) is 0 Å². The van der Waals surface area contributed by atoms with Gasteiger partial charge in [0.15, 0.2) is 0 Å². The number of imidazole rings is 1. The molecular weight excluding hydrogens is 228 g/mol. The number of nitrogens with one attached hydrogen (secondary N) is 1. The van der Waals surface area contributed by atoms with E-state index in [0.717, 1.165) is 12.4 Å². The number of likely N-dealkylation sites (N-methyl/N-ethyl adjacent to an activating group) is 2. The van der Waals surface area contributed by atoms with Gasteiger partial charge in [0.25, 0.3) is 0 Å². The van der Waals surface area contributed by atoms with Crippen LogP contribution in [-0.4, -0.2) is 47.5 Å². The number of amides is 1. The van der Waals surface area contributed by atoms with Gasteiger partial charge in [-0.1, -0.05) is 13.8 Å². The predicted molar refractivity (Wildman–Crippen MR) is 72.6 cm³/mol. The normalized spacial score (nSPS) is 12.8. The maximum atomic E-state index is 12.3. The van der Waals surface area contributed by atoms with Gasteiger partial charge in [-0.25, -0.2) is 4.98 Å². The molecule has 0 aliphatic rings. The molecule has 1 rings (SSSR count). The lowest BCUT2D eigenvalue weighted by molar-refractivity contribution is -0.132. The fourth-order valence-corrected chi connectivity index (χ4v) is 1.93. The van der Waals surface area contributed by atoms with Gasteiger partial charge in [-0.3, -0.25) is 4.79 Å². The molecule has 0 radical (unpaired) electrons. The summed E-state index contributed by atoms with van der Waals surface area (Å²) in [5, 5.41) is 3.04. The van der Waals surface area contributed by atoms with Gasteiger partial charge < -0.3 is 14.8 Å². The Morgan fingerprint density at radius 3 is 2.72 bits per heavy atom. The summed E-state index contributed by atoms with van der Waals surface area (Å²) in [5.74, 6) is 1.39. The number of aromatic nitrogens is 2. The molecule has 1 atom stereocenters. The number of carbonyl (C=O) groups excluding carboxylic acids is 1. The van der Waals surface area contributed by atoms with Crippen LogP contribution in [0.15, 0.2) is 12.4 Å². The Balaban J connectivity index is 2.76. The van der Waals surface area contributed by atoms with Crippen LogP contribution >= 0.6 is 0 Å². The van der Waals surface area contributed by atoms with E-state index in [0.29, 0.717) is 12.5 Å². The predicted octanol–water partition coefficient (Wildman–Crippen LogP) is 1.25. The van der Waals surface area contributed by atoms with Crippen molar-refractivity contribution in [1.29, 1.82) is 0 Å². The highest BCUT2D eigenvalue weighted by atomic mass is 16.2. The Hall–Kier alpha value is -1.36. The first-order valence-electron chi connectivity index (χ1n) is 6.41. The molecule has 102 valence electrons. The summed E-state index contributed by atoms with van der Waals surface area (Å²) in [6, 6.07) is -0.202. The molecule has 1 aromatic heterocycles. The molecule has 5 heteroatoms. The number of hydrogen-bond acceptors (Lipinski definition) is 3. The molecule has 0 saturated carbocycles. The zero-order valence-corrected chi connectivity index (χ0v) is 12.0. The first-order valence-corrected chi connectivity index (χ1v) is 6.41. The van der Waals surface area contributed by atoms with Crippen molar-refractivity contribution >= 4 is 5.91 Å². The van der Waals surface area contributed by atoms with Gasteiger partial charge in [-0.2, -0.15) is 0 Å². The Bertz CT molecular complexity index is 386.